The highest BCUT2D eigenvalue weighted by Gasteiger charge is 2.25. The van der Waals surface area contributed by atoms with Crippen LogP contribution in [0.15, 0.2) is 45.9 Å². The van der Waals surface area contributed by atoms with Gasteiger partial charge < -0.3 is 24.8 Å². The molecule has 31 heavy (non-hydrogen) atoms. The normalized spacial score (nSPS) is 16.5. The number of H-pyrrole nitrogens is 1. The highest BCUT2D eigenvalue weighted by atomic mass is 16.5. The van der Waals surface area contributed by atoms with Gasteiger partial charge in [0.1, 0.15) is 11.5 Å². The lowest BCUT2D eigenvalue weighted by atomic mass is 10.1. The Labute approximate surface area is 183 Å². The van der Waals surface area contributed by atoms with Gasteiger partial charge in [-0.2, -0.15) is 0 Å². The smallest absolute Gasteiger partial charge is 0.191 e. The van der Waals surface area contributed by atoms with Crippen LogP contribution in [0.2, 0.25) is 0 Å². The Morgan fingerprint density at radius 1 is 1.16 bits per heavy atom. The molecule has 0 spiro atoms. The number of benzene rings is 1. The standard InChI is InChI=1S/C24H33N5O2/c1-17-4-6-20-19(15-27-21(20)14-17)8-9-26-24(25-3)28-16-22(23-7-5-18(2)31-23)29-10-12-30-13-11-29/h4-7,14-15,22,27H,8-13,16H2,1-3H3,(H2,25,26,28). The molecule has 0 bridgehead atoms. The van der Waals surface area contributed by atoms with Crippen molar-refractivity contribution in [2.75, 3.05) is 46.4 Å². The highest BCUT2D eigenvalue weighted by molar-refractivity contribution is 5.84. The fraction of sp³-hybridized carbons (Fsp3) is 0.458. The molecule has 3 aromatic rings. The number of aromatic amines is 1. The first-order valence-corrected chi connectivity index (χ1v) is 11.0. The molecule has 0 radical (unpaired) electrons. The second-order valence-electron chi connectivity index (χ2n) is 8.11. The summed E-state index contributed by atoms with van der Waals surface area (Å²) in [6.45, 7) is 8.95. The van der Waals surface area contributed by atoms with Crippen LogP contribution in [0.4, 0.5) is 0 Å². The fourth-order valence-electron chi connectivity index (χ4n) is 4.17. The fourth-order valence-corrected chi connectivity index (χ4v) is 4.17. The minimum Gasteiger partial charge on any atom is -0.465 e. The zero-order valence-corrected chi connectivity index (χ0v) is 18.7. The average Bonchev–Trinajstić information content (AvgIpc) is 3.39. The van der Waals surface area contributed by atoms with Crippen molar-refractivity contribution in [2.24, 2.45) is 4.99 Å². The molecule has 4 rings (SSSR count). The van der Waals surface area contributed by atoms with Crippen molar-refractivity contribution in [3.63, 3.8) is 0 Å². The highest BCUT2D eigenvalue weighted by Crippen LogP contribution is 2.23. The molecule has 7 heteroatoms. The molecule has 1 aliphatic rings. The summed E-state index contributed by atoms with van der Waals surface area (Å²) in [4.78, 5) is 10.2. The molecule has 0 aliphatic carbocycles. The van der Waals surface area contributed by atoms with Crippen molar-refractivity contribution in [2.45, 2.75) is 26.3 Å². The Kier molecular flexibility index (Phi) is 6.94. The van der Waals surface area contributed by atoms with Crippen molar-refractivity contribution in [1.29, 1.82) is 0 Å². The van der Waals surface area contributed by atoms with E-state index in [0.29, 0.717) is 0 Å². The van der Waals surface area contributed by atoms with E-state index in [2.05, 4.69) is 62.9 Å². The first-order chi connectivity index (χ1) is 15.1. The van der Waals surface area contributed by atoms with Crippen molar-refractivity contribution in [3.05, 3.63) is 59.2 Å². The predicted octanol–water partition coefficient (Wildman–Crippen LogP) is 3.16. The molecule has 0 saturated carbocycles. The molecule has 3 heterocycles. The number of nitrogens with zero attached hydrogens (tertiary/aromatic N) is 2. The van der Waals surface area contributed by atoms with Crippen LogP contribution in [-0.4, -0.2) is 62.3 Å². The van der Waals surface area contributed by atoms with Crippen LogP contribution in [0.1, 0.15) is 28.7 Å². The third-order valence-corrected chi connectivity index (χ3v) is 5.87. The van der Waals surface area contributed by atoms with Crippen LogP contribution in [0.5, 0.6) is 0 Å². The van der Waals surface area contributed by atoms with Crippen molar-refractivity contribution >= 4 is 16.9 Å². The van der Waals surface area contributed by atoms with Crippen LogP contribution in [-0.2, 0) is 11.2 Å². The van der Waals surface area contributed by atoms with Gasteiger partial charge in [0.25, 0.3) is 0 Å². The zero-order valence-electron chi connectivity index (χ0n) is 18.7. The number of hydrogen-bond donors (Lipinski definition) is 3. The maximum Gasteiger partial charge on any atom is 0.191 e. The number of fused-ring (bicyclic) bond motifs is 1. The van der Waals surface area contributed by atoms with E-state index >= 15 is 0 Å². The summed E-state index contributed by atoms with van der Waals surface area (Å²) >= 11 is 0. The summed E-state index contributed by atoms with van der Waals surface area (Å²) in [5.41, 5.74) is 3.78. The number of morpholine rings is 1. The topological polar surface area (TPSA) is 77.8 Å². The number of furan rings is 1. The molecule has 1 saturated heterocycles. The minimum absolute atomic E-state index is 0.146. The van der Waals surface area contributed by atoms with Crippen molar-refractivity contribution < 1.29 is 9.15 Å². The Bertz CT molecular complexity index is 1020. The molecule has 1 atom stereocenters. The number of guanidine groups is 1. The SMILES string of the molecule is CN=C(NCCc1c[nH]c2cc(C)ccc12)NCC(c1ccc(C)o1)N1CCOCC1. The van der Waals surface area contributed by atoms with Crippen LogP contribution in [0.3, 0.4) is 0 Å². The Morgan fingerprint density at radius 2 is 2.00 bits per heavy atom. The van der Waals surface area contributed by atoms with E-state index < -0.39 is 0 Å². The Morgan fingerprint density at radius 3 is 2.74 bits per heavy atom. The van der Waals surface area contributed by atoms with Gasteiger partial charge in [0.2, 0.25) is 0 Å². The van der Waals surface area contributed by atoms with Crippen LogP contribution >= 0.6 is 0 Å². The molecular formula is C24H33N5O2. The largest absolute Gasteiger partial charge is 0.465 e. The van der Waals surface area contributed by atoms with Gasteiger partial charge in [-0.15, -0.1) is 0 Å². The summed E-state index contributed by atoms with van der Waals surface area (Å²) in [6, 6.07) is 10.8. The summed E-state index contributed by atoms with van der Waals surface area (Å²) in [5.74, 6) is 2.72. The Balaban J connectivity index is 1.34. The van der Waals surface area contributed by atoms with Gasteiger partial charge in [-0.1, -0.05) is 12.1 Å². The quantitative estimate of drug-likeness (QED) is 0.402. The third-order valence-electron chi connectivity index (χ3n) is 5.87. The molecule has 0 amide bonds. The average molecular weight is 424 g/mol. The Hall–Kier alpha value is -2.77. The first kappa shape index (κ1) is 21.5. The summed E-state index contributed by atoms with van der Waals surface area (Å²) in [7, 11) is 1.81. The molecule has 166 valence electrons. The van der Waals surface area contributed by atoms with Gasteiger partial charge in [-0.05, 0) is 49.6 Å². The molecule has 1 unspecified atom stereocenters. The van der Waals surface area contributed by atoms with E-state index in [0.717, 1.165) is 63.3 Å². The van der Waals surface area contributed by atoms with Gasteiger partial charge in [0.15, 0.2) is 5.96 Å². The lowest BCUT2D eigenvalue weighted by Crippen LogP contribution is -2.46. The van der Waals surface area contributed by atoms with E-state index in [4.69, 9.17) is 9.15 Å². The number of aliphatic imine (C=N–C) groups is 1. The third kappa shape index (κ3) is 5.29. The van der Waals surface area contributed by atoms with E-state index in [1.54, 1.807) is 0 Å². The summed E-state index contributed by atoms with van der Waals surface area (Å²) in [5, 5.41) is 8.23. The van der Waals surface area contributed by atoms with Crippen molar-refractivity contribution in [3.8, 4) is 0 Å². The zero-order chi connectivity index (χ0) is 21.6. The van der Waals surface area contributed by atoms with Crippen LogP contribution < -0.4 is 10.6 Å². The maximum atomic E-state index is 5.96. The number of aryl methyl sites for hydroxylation is 2. The molecule has 1 aromatic carbocycles. The molecule has 2 aromatic heterocycles. The molecule has 3 N–H and O–H groups in total. The van der Waals surface area contributed by atoms with Crippen LogP contribution in [0, 0.1) is 13.8 Å². The van der Waals surface area contributed by atoms with Crippen molar-refractivity contribution in [1.82, 2.24) is 20.5 Å². The van der Waals surface area contributed by atoms with Crippen LogP contribution in [0.25, 0.3) is 10.9 Å². The number of ether oxygens (including phenoxy) is 1. The van der Waals surface area contributed by atoms with E-state index in [1.165, 1.54) is 22.0 Å². The van der Waals surface area contributed by atoms with Gasteiger partial charge in [0.05, 0.1) is 19.3 Å². The lowest BCUT2D eigenvalue weighted by molar-refractivity contribution is 0.0124. The van der Waals surface area contributed by atoms with Gasteiger partial charge >= 0.3 is 0 Å². The summed E-state index contributed by atoms with van der Waals surface area (Å²) < 4.78 is 11.5. The number of hydrogen-bond acceptors (Lipinski definition) is 4. The van der Waals surface area contributed by atoms with E-state index in [-0.39, 0.29) is 6.04 Å². The molecule has 7 nitrogen and oxygen atoms in total. The van der Waals surface area contributed by atoms with Gasteiger partial charge in [0, 0.05) is 50.3 Å². The number of rotatable bonds is 7. The predicted molar refractivity (Wildman–Crippen MR) is 125 cm³/mol. The second kappa shape index (κ2) is 10.0. The molecule has 1 fully saturated rings. The molecule has 1 aliphatic heterocycles. The molecular weight excluding hydrogens is 390 g/mol. The van der Waals surface area contributed by atoms with E-state index in [9.17, 15) is 0 Å². The number of nitrogens with one attached hydrogen (secondary N) is 3. The number of aromatic nitrogens is 1. The minimum atomic E-state index is 0.146. The second-order valence-corrected chi connectivity index (χ2v) is 8.11. The monoisotopic (exact) mass is 423 g/mol. The maximum absolute atomic E-state index is 5.96. The van der Waals surface area contributed by atoms with Gasteiger partial charge in [-0.25, -0.2) is 0 Å². The lowest BCUT2D eigenvalue weighted by Gasteiger charge is -2.33. The van der Waals surface area contributed by atoms with Gasteiger partial charge in [-0.3, -0.25) is 9.89 Å². The van der Waals surface area contributed by atoms with E-state index in [1.807, 2.05) is 20.0 Å². The summed E-state index contributed by atoms with van der Waals surface area (Å²) in [6.07, 6.45) is 3.03. The first-order valence-electron chi connectivity index (χ1n) is 11.0.